The predicted molar refractivity (Wildman–Crippen MR) is 50.5 cm³/mol. The fraction of sp³-hybridized carbons (Fsp3) is 0.125. The highest BCUT2D eigenvalue weighted by Crippen LogP contribution is 2.27. The van der Waals surface area contributed by atoms with E-state index in [2.05, 4.69) is 26.0 Å². The van der Waals surface area contributed by atoms with E-state index in [0.29, 0.717) is 16.6 Å². The molecule has 0 saturated heterocycles. The molecule has 0 aliphatic heterocycles. The quantitative estimate of drug-likeness (QED) is 0.850. The summed E-state index contributed by atoms with van der Waals surface area (Å²) in [6.45, 7) is -2.85. The summed E-state index contributed by atoms with van der Waals surface area (Å²) in [7, 11) is 0. The van der Waals surface area contributed by atoms with Crippen molar-refractivity contribution in [2.75, 3.05) is 5.32 Å². The maximum Gasteiger partial charge on any atom is 0.387 e. The first kappa shape index (κ1) is 10.9. The second kappa shape index (κ2) is 4.90. The fourth-order valence-electron chi connectivity index (χ4n) is 0.853. The molecule has 0 radical (unpaired) electrons. The molecule has 6 heteroatoms. The number of benzene rings is 1. The summed E-state index contributed by atoms with van der Waals surface area (Å²) < 4.78 is 28.2. The Hall–Kier alpha value is -1.17. The fourth-order valence-corrected chi connectivity index (χ4v) is 1.32. The molecule has 1 aromatic carbocycles. The highest BCUT2D eigenvalue weighted by molar-refractivity contribution is 9.10. The van der Waals surface area contributed by atoms with E-state index < -0.39 is 6.61 Å². The minimum absolute atomic E-state index is 0.0309. The van der Waals surface area contributed by atoms with Crippen molar-refractivity contribution in [3.05, 3.63) is 22.7 Å². The van der Waals surface area contributed by atoms with Crippen LogP contribution in [-0.4, -0.2) is 13.0 Å². The molecule has 0 atom stereocenters. The molecule has 1 amide bonds. The normalized spacial score (nSPS) is 10.0. The van der Waals surface area contributed by atoms with Gasteiger partial charge in [-0.1, -0.05) is 0 Å². The van der Waals surface area contributed by atoms with Crippen LogP contribution in [0.25, 0.3) is 0 Å². The Kier molecular flexibility index (Phi) is 3.82. The number of alkyl halides is 2. The van der Waals surface area contributed by atoms with Gasteiger partial charge in [0.15, 0.2) is 0 Å². The van der Waals surface area contributed by atoms with E-state index in [-0.39, 0.29) is 5.75 Å². The zero-order valence-electron chi connectivity index (χ0n) is 6.84. The van der Waals surface area contributed by atoms with E-state index in [1.54, 1.807) is 0 Å². The Balaban J connectivity index is 2.83. The Labute approximate surface area is 87.2 Å². The van der Waals surface area contributed by atoms with Crippen molar-refractivity contribution in [2.24, 2.45) is 0 Å². The second-order valence-corrected chi connectivity index (χ2v) is 3.14. The van der Waals surface area contributed by atoms with Crippen molar-refractivity contribution in [2.45, 2.75) is 6.61 Å². The first-order chi connectivity index (χ1) is 6.63. The van der Waals surface area contributed by atoms with Crippen LogP contribution in [0.4, 0.5) is 14.5 Å². The molecular weight excluding hydrogens is 260 g/mol. The number of carbonyl (C=O) groups excluding carboxylic acids is 1. The molecule has 0 heterocycles. The summed E-state index contributed by atoms with van der Waals surface area (Å²) in [4.78, 5) is 10.1. The summed E-state index contributed by atoms with van der Waals surface area (Å²) in [5.74, 6) is 0.0309. The van der Waals surface area contributed by atoms with E-state index in [1.165, 1.54) is 18.2 Å². The highest BCUT2D eigenvalue weighted by atomic mass is 79.9. The number of rotatable bonds is 4. The van der Waals surface area contributed by atoms with Crippen LogP contribution in [-0.2, 0) is 4.79 Å². The van der Waals surface area contributed by atoms with Gasteiger partial charge in [0.1, 0.15) is 5.75 Å². The molecule has 0 aliphatic rings. The average Bonchev–Trinajstić information content (AvgIpc) is 2.09. The molecule has 1 aromatic rings. The van der Waals surface area contributed by atoms with Crippen molar-refractivity contribution < 1.29 is 18.3 Å². The smallest absolute Gasteiger partial charge is 0.387 e. The number of ether oxygens (including phenoxy) is 1. The SMILES string of the molecule is O=CNc1ccc(OC(F)F)cc1Br. The minimum atomic E-state index is -2.85. The van der Waals surface area contributed by atoms with Crippen LogP contribution in [0, 0.1) is 0 Å². The minimum Gasteiger partial charge on any atom is -0.435 e. The molecule has 0 aromatic heterocycles. The molecule has 76 valence electrons. The topological polar surface area (TPSA) is 38.3 Å². The van der Waals surface area contributed by atoms with E-state index in [0.717, 1.165) is 0 Å². The standard InChI is InChI=1S/C8H6BrF2NO2/c9-6-3-5(14-8(10)11)1-2-7(6)12-4-13/h1-4,8H,(H,12,13). The van der Waals surface area contributed by atoms with Crippen LogP contribution in [0.15, 0.2) is 22.7 Å². The van der Waals surface area contributed by atoms with Crippen LogP contribution >= 0.6 is 15.9 Å². The molecule has 0 unspecified atom stereocenters. The number of hydrogen-bond acceptors (Lipinski definition) is 2. The van der Waals surface area contributed by atoms with Crippen molar-refractivity contribution in [3.8, 4) is 5.75 Å². The van der Waals surface area contributed by atoms with Gasteiger partial charge >= 0.3 is 6.61 Å². The zero-order chi connectivity index (χ0) is 10.6. The molecule has 14 heavy (non-hydrogen) atoms. The third kappa shape index (κ3) is 2.95. The van der Waals surface area contributed by atoms with Gasteiger partial charge in [0, 0.05) is 4.47 Å². The number of hydrogen-bond donors (Lipinski definition) is 1. The third-order valence-electron chi connectivity index (χ3n) is 1.38. The van der Waals surface area contributed by atoms with Gasteiger partial charge in [0.05, 0.1) is 5.69 Å². The maximum absolute atomic E-state index is 11.8. The van der Waals surface area contributed by atoms with Gasteiger partial charge in [-0.2, -0.15) is 8.78 Å². The zero-order valence-corrected chi connectivity index (χ0v) is 8.42. The van der Waals surface area contributed by atoms with E-state index in [4.69, 9.17) is 0 Å². The summed E-state index contributed by atoms with van der Waals surface area (Å²) in [6.07, 6.45) is 0.494. The van der Waals surface area contributed by atoms with Crippen molar-refractivity contribution in [3.63, 3.8) is 0 Å². The lowest BCUT2D eigenvalue weighted by molar-refractivity contribution is -0.105. The third-order valence-corrected chi connectivity index (χ3v) is 2.04. The van der Waals surface area contributed by atoms with Gasteiger partial charge in [-0.15, -0.1) is 0 Å². The van der Waals surface area contributed by atoms with Gasteiger partial charge in [-0.3, -0.25) is 4.79 Å². The van der Waals surface area contributed by atoms with Crippen LogP contribution in [0.5, 0.6) is 5.75 Å². The lowest BCUT2D eigenvalue weighted by Gasteiger charge is -2.07. The number of carbonyl (C=O) groups is 1. The highest BCUT2D eigenvalue weighted by Gasteiger charge is 2.06. The van der Waals surface area contributed by atoms with E-state index >= 15 is 0 Å². The molecule has 0 fully saturated rings. The van der Waals surface area contributed by atoms with Crippen LogP contribution < -0.4 is 10.1 Å². The van der Waals surface area contributed by atoms with Crippen molar-refractivity contribution >= 4 is 28.0 Å². The van der Waals surface area contributed by atoms with Gasteiger partial charge in [-0.25, -0.2) is 0 Å². The van der Waals surface area contributed by atoms with Crippen molar-refractivity contribution in [1.82, 2.24) is 0 Å². The van der Waals surface area contributed by atoms with Gasteiger partial charge in [0.2, 0.25) is 6.41 Å². The van der Waals surface area contributed by atoms with Crippen LogP contribution in [0.1, 0.15) is 0 Å². The van der Waals surface area contributed by atoms with Crippen LogP contribution in [0.3, 0.4) is 0 Å². The largest absolute Gasteiger partial charge is 0.435 e. The molecule has 0 spiro atoms. The maximum atomic E-state index is 11.8. The number of halogens is 3. The molecule has 3 nitrogen and oxygen atoms in total. The Morgan fingerprint density at radius 1 is 1.50 bits per heavy atom. The lowest BCUT2D eigenvalue weighted by Crippen LogP contribution is -2.02. The van der Waals surface area contributed by atoms with E-state index in [9.17, 15) is 13.6 Å². The Bertz CT molecular complexity index is 333. The molecular formula is C8H6BrF2NO2. The summed E-state index contributed by atoms with van der Waals surface area (Å²) in [5, 5.41) is 2.39. The summed E-state index contributed by atoms with van der Waals surface area (Å²) >= 11 is 3.09. The van der Waals surface area contributed by atoms with Crippen LogP contribution in [0.2, 0.25) is 0 Å². The second-order valence-electron chi connectivity index (χ2n) is 2.28. The monoisotopic (exact) mass is 265 g/mol. The lowest BCUT2D eigenvalue weighted by atomic mass is 10.3. The van der Waals surface area contributed by atoms with Crippen molar-refractivity contribution in [1.29, 1.82) is 0 Å². The molecule has 1 N–H and O–H groups in total. The number of anilines is 1. The number of nitrogens with one attached hydrogen (secondary N) is 1. The predicted octanol–water partition coefficient (Wildman–Crippen LogP) is 2.62. The summed E-state index contributed by atoms with van der Waals surface area (Å²) in [5.41, 5.74) is 0.488. The summed E-state index contributed by atoms with van der Waals surface area (Å²) in [6, 6.07) is 4.14. The molecule has 0 bridgehead atoms. The molecule has 1 rings (SSSR count). The van der Waals surface area contributed by atoms with E-state index in [1.807, 2.05) is 0 Å². The van der Waals surface area contributed by atoms with Gasteiger partial charge < -0.3 is 10.1 Å². The van der Waals surface area contributed by atoms with Gasteiger partial charge in [-0.05, 0) is 34.1 Å². The Morgan fingerprint density at radius 3 is 2.71 bits per heavy atom. The average molecular weight is 266 g/mol. The number of amides is 1. The first-order valence-corrected chi connectivity index (χ1v) is 4.37. The molecule has 0 saturated carbocycles. The van der Waals surface area contributed by atoms with Gasteiger partial charge in [0.25, 0.3) is 0 Å². The Morgan fingerprint density at radius 2 is 2.21 bits per heavy atom. The first-order valence-electron chi connectivity index (χ1n) is 3.58. The molecule has 0 aliphatic carbocycles.